The van der Waals surface area contributed by atoms with Crippen LogP contribution in [-0.4, -0.2) is 24.1 Å². The van der Waals surface area contributed by atoms with Gasteiger partial charge in [0.15, 0.2) is 0 Å². The fourth-order valence-electron chi connectivity index (χ4n) is 4.06. The number of carbonyl (C=O) groups excluding carboxylic acids is 2. The van der Waals surface area contributed by atoms with E-state index in [1.54, 1.807) is 0 Å². The van der Waals surface area contributed by atoms with Gasteiger partial charge in [-0.25, -0.2) is 5.43 Å². The summed E-state index contributed by atoms with van der Waals surface area (Å²) in [4.78, 5) is 25.6. The molecular weight excluding hydrogens is 446 g/mol. The average Bonchev–Trinajstić information content (AvgIpc) is 2.94. The van der Waals surface area contributed by atoms with Crippen LogP contribution in [0.15, 0.2) is 120 Å². The lowest BCUT2D eigenvalue weighted by atomic mass is 9.90. The number of carbonyl (C=O) groups is 2. The first-order chi connectivity index (χ1) is 17.7. The molecule has 5 nitrogen and oxygen atoms in total. The van der Waals surface area contributed by atoms with Crippen LogP contribution in [-0.2, 0) is 9.59 Å². The molecule has 0 saturated heterocycles. The van der Waals surface area contributed by atoms with Gasteiger partial charge in [-0.3, -0.25) is 9.59 Å². The fourth-order valence-corrected chi connectivity index (χ4v) is 4.06. The normalized spacial score (nSPS) is 11.2. The van der Waals surface area contributed by atoms with Crippen molar-refractivity contribution in [1.82, 2.24) is 10.7 Å². The Kier molecular flexibility index (Phi) is 8.39. The number of amides is 2. The number of hydrogen-bond acceptors (Lipinski definition) is 3. The lowest BCUT2D eigenvalue weighted by Gasteiger charge is -2.17. The van der Waals surface area contributed by atoms with Crippen molar-refractivity contribution >= 4 is 17.5 Å². The Morgan fingerprint density at radius 2 is 1.19 bits per heavy atom. The highest BCUT2D eigenvalue weighted by Crippen LogP contribution is 2.24. The minimum atomic E-state index is -0.502. The second kappa shape index (κ2) is 12.3. The Balaban J connectivity index is 1.39. The largest absolute Gasteiger partial charge is 0.346 e. The maximum absolute atomic E-state index is 13.1. The summed E-state index contributed by atoms with van der Waals surface area (Å²) in [5, 5.41) is 7.09. The molecule has 180 valence electrons. The van der Waals surface area contributed by atoms with Crippen molar-refractivity contribution in [3.8, 4) is 11.1 Å². The summed E-state index contributed by atoms with van der Waals surface area (Å²) in [7, 11) is 0. The van der Waals surface area contributed by atoms with E-state index in [-0.39, 0.29) is 18.4 Å². The van der Waals surface area contributed by atoms with Crippen LogP contribution in [0.25, 0.3) is 11.1 Å². The number of nitrogens with one attached hydrogen (secondary N) is 2. The van der Waals surface area contributed by atoms with Crippen LogP contribution in [0.2, 0.25) is 0 Å². The van der Waals surface area contributed by atoms with Crippen molar-refractivity contribution in [2.24, 2.45) is 5.10 Å². The molecule has 0 spiro atoms. The molecule has 0 bridgehead atoms. The van der Waals surface area contributed by atoms with Crippen molar-refractivity contribution in [2.75, 3.05) is 6.54 Å². The van der Waals surface area contributed by atoms with Crippen molar-refractivity contribution < 1.29 is 9.59 Å². The molecule has 0 aliphatic rings. The minimum absolute atomic E-state index is 0.164. The summed E-state index contributed by atoms with van der Waals surface area (Å²) >= 11 is 0. The topological polar surface area (TPSA) is 70.6 Å². The molecule has 0 unspecified atom stereocenters. The lowest BCUT2D eigenvalue weighted by molar-refractivity contribution is -0.126. The number of hydrogen-bond donors (Lipinski definition) is 2. The zero-order valence-corrected chi connectivity index (χ0v) is 20.2. The summed E-state index contributed by atoms with van der Waals surface area (Å²) in [6, 6.07) is 37.3. The maximum atomic E-state index is 13.1. The SMILES string of the molecule is CCC(=NNC(=O)CNC(=O)C(c1ccccc1)c1ccccc1)c1ccc(-c2ccccc2)cc1. The molecule has 0 aliphatic carbocycles. The molecule has 4 rings (SSSR count). The zero-order chi connectivity index (χ0) is 25.2. The summed E-state index contributed by atoms with van der Waals surface area (Å²) in [5.74, 6) is -1.12. The standard InChI is InChI=1S/C31H29N3O2/c1-2-28(25-20-18-24(19-21-25)23-12-6-3-7-13-23)33-34-29(35)22-32-31(36)30(26-14-8-4-9-15-26)27-16-10-5-11-17-27/h3-21,30H,2,22H2,1H3,(H,32,36)(H,34,35). The number of nitrogens with zero attached hydrogens (tertiary/aromatic N) is 1. The van der Waals surface area contributed by atoms with Crippen LogP contribution in [0.5, 0.6) is 0 Å². The van der Waals surface area contributed by atoms with Gasteiger partial charge in [-0.1, -0.05) is 122 Å². The maximum Gasteiger partial charge on any atom is 0.259 e. The van der Waals surface area contributed by atoms with Crippen molar-refractivity contribution in [1.29, 1.82) is 0 Å². The van der Waals surface area contributed by atoms with Crippen molar-refractivity contribution in [3.63, 3.8) is 0 Å². The van der Waals surface area contributed by atoms with Gasteiger partial charge in [-0.2, -0.15) is 5.10 Å². The van der Waals surface area contributed by atoms with E-state index < -0.39 is 5.92 Å². The highest BCUT2D eigenvalue weighted by atomic mass is 16.2. The second-order valence-corrected chi connectivity index (χ2v) is 8.36. The van der Waals surface area contributed by atoms with Crippen LogP contribution >= 0.6 is 0 Å². The molecule has 0 heterocycles. The van der Waals surface area contributed by atoms with Gasteiger partial charge in [0.05, 0.1) is 18.2 Å². The van der Waals surface area contributed by atoms with Crippen LogP contribution in [0, 0.1) is 0 Å². The van der Waals surface area contributed by atoms with E-state index in [0.717, 1.165) is 33.5 Å². The molecule has 5 heteroatoms. The zero-order valence-electron chi connectivity index (χ0n) is 20.2. The first-order valence-electron chi connectivity index (χ1n) is 12.0. The van der Waals surface area contributed by atoms with Crippen molar-refractivity contribution in [2.45, 2.75) is 19.3 Å². The molecule has 0 fully saturated rings. The van der Waals surface area contributed by atoms with Gasteiger partial charge < -0.3 is 5.32 Å². The van der Waals surface area contributed by atoms with Gasteiger partial charge in [0.2, 0.25) is 5.91 Å². The van der Waals surface area contributed by atoms with E-state index in [2.05, 4.69) is 28.0 Å². The molecule has 0 saturated carbocycles. The Hall–Kier alpha value is -4.51. The molecule has 2 amide bonds. The highest BCUT2D eigenvalue weighted by Gasteiger charge is 2.22. The minimum Gasteiger partial charge on any atom is -0.346 e. The van der Waals surface area contributed by atoms with Crippen LogP contribution < -0.4 is 10.7 Å². The first kappa shape index (κ1) is 24.6. The van der Waals surface area contributed by atoms with E-state index >= 15 is 0 Å². The number of hydrazone groups is 1. The number of benzene rings is 4. The predicted octanol–water partition coefficient (Wildman–Crippen LogP) is 5.53. The van der Waals surface area contributed by atoms with Gasteiger partial charge in [0.25, 0.3) is 5.91 Å². The molecule has 4 aromatic carbocycles. The van der Waals surface area contributed by atoms with Gasteiger partial charge in [0, 0.05) is 0 Å². The van der Waals surface area contributed by atoms with Crippen LogP contribution in [0.4, 0.5) is 0 Å². The number of rotatable bonds is 9. The summed E-state index contributed by atoms with van der Waals surface area (Å²) in [5.41, 5.74) is 8.29. The molecule has 4 aromatic rings. The Morgan fingerprint density at radius 3 is 1.72 bits per heavy atom. The molecule has 0 aliphatic heterocycles. The van der Waals surface area contributed by atoms with E-state index in [1.165, 1.54) is 0 Å². The van der Waals surface area contributed by atoms with Crippen molar-refractivity contribution in [3.05, 3.63) is 132 Å². The second-order valence-electron chi connectivity index (χ2n) is 8.36. The Labute approximate surface area is 211 Å². The third-order valence-corrected chi connectivity index (χ3v) is 5.93. The van der Waals surface area contributed by atoms with Gasteiger partial charge in [0.1, 0.15) is 0 Å². The summed E-state index contributed by atoms with van der Waals surface area (Å²) in [6.07, 6.45) is 0.654. The quantitative estimate of drug-likeness (QED) is 0.247. The van der Waals surface area contributed by atoms with E-state index in [1.807, 2.05) is 110 Å². The van der Waals surface area contributed by atoms with Crippen LogP contribution in [0.3, 0.4) is 0 Å². The molecule has 0 radical (unpaired) electrons. The van der Waals surface area contributed by atoms with Crippen LogP contribution in [0.1, 0.15) is 36.0 Å². The monoisotopic (exact) mass is 475 g/mol. The molecule has 2 N–H and O–H groups in total. The first-order valence-corrected chi connectivity index (χ1v) is 12.0. The van der Waals surface area contributed by atoms with Gasteiger partial charge in [-0.15, -0.1) is 0 Å². The molecule has 0 atom stereocenters. The summed E-state index contributed by atoms with van der Waals surface area (Å²) < 4.78 is 0. The summed E-state index contributed by atoms with van der Waals surface area (Å²) in [6.45, 7) is 1.82. The third-order valence-electron chi connectivity index (χ3n) is 5.93. The lowest BCUT2D eigenvalue weighted by Crippen LogP contribution is -2.38. The molecular formula is C31H29N3O2. The highest BCUT2D eigenvalue weighted by molar-refractivity contribution is 6.01. The Bertz CT molecular complexity index is 1260. The Morgan fingerprint density at radius 1 is 0.694 bits per heavy atom. The van der Waals surface area contributed by atoms with E-state index in [0.29, 0.717) is 6.42 Å². The smallest absolute Gasteiger partial charge is 0.259 e. The molecule has 36 heavy (non-hydrogen) atoms. The van der Waals surface area contributed by atoms with E-state index in [9.17, 15) is 9.59 Å². The predicted molar refractivity (Wildman–Crippen MR) is 145 cm³/mol. The fraction of sp³-hybridized carbons (Fsp3) is 0.129. The molecule has 0 aromatic heterocycles. The average molecular weight is 476 g/mol. The van der Waals surface area contributed by atoms with Gasteiger partial charge in [-0.05, 0) is 34.2 Å². The van der Waals surface area contributed by atoms with Gasteiger partial charge >= 0.3 is 0 Å². The third kappa shape index (κ3) is 6.33. The van der Waals surface area contributed by atoms with E-state index in [4.69, 9.17) is 0 Å².